The van der Waals surface area contributed by atoms with Gasteiger partial charge in [-0.3, -0.25) is 0 Å². The summed E-state index contributed by atoms with van der Waals surface area (Å²) in [4.78, 5) is 2.44. The fourth-order valence-corrected chi connectivity index (χ4v) is 12.7. The molecule has 3 nitrogen and oxygen atoms in total. The summed E-state index contributed by atoms with van der Waals surface area (Å²) in [7, 11) is 0. The van der Waals surface area contributed by atoms with Crippen molar-refractivity contribution in [2.45, 2.75) is 24.7 Å². The zero-order chi connectivity index (χ0) is 44.2. The van der Waals surface area contributed by atoms with E-state index in [2.05, 4.69) is 231 Å². The van der Waals surface area contributed by atoms with Gasteiger partial charge in [0.05, 0.1) is 11.1 Å². The number of hydrogen-bond acceptors (Lipinski definition) is 3. The minimum Gasteiger partial charge on any atom is -0.456 e. The summed E-state index contributed by atoms with van der Waals surface area (Å²) in [6, 6.07) is 78.5. The number of nitrogens with zero attached hydrogens (tertiary/aromatic N) is 1. The summed E-state index contributed by atoms with van der Waals surface area (Å²) < 4.78 is 13.5. The molecular weight excluding hydrogens is 815 g/mol. The number of benzene rings is 10. The van der Waals surface area contributed by atoms with Crippen molar-refractivity contribution in [1.82, 2.24) is 0 Å². The largest absolute Gasteiger partial charge is 0.456 e. The van der Waals surface area contributed by atoms with Crippen molar-refractivity contribution in [3.05, 3.63) is 246 Å². The normalized spacial score (nSPS) is 15.8. The first-order chi connectivity index (χ1) is 33.0. The first-order valence-electron chi connectivity index (χ1n) is 23.3. The maximum Gasteiger partial charge on any atom is 0.159 e. The Bertz CT molecular complexity index is 4110. The molecule has 3 aliphatic carbocycles. The second kappa shape index (κ2) is 13.1. The van der Waals surface area contributed by atoms with Crippen LogP contribution in [0.5, 0.6) is 0 Å². The van der Waals surface area contributed by atoms with Gasteiger partial charge in [0.1, 0.15) is 16.7 Å². The average Bonchev–Trinajstić information content (AvgIpc) is 4.08. The minimum absolute atomic E-state index is 0.182. The molecule has 3 aliphatic rings. The summed E-state index contributed by atoms with van der Waals surface area (Å²) in [5, 5.41) is 4.51. The van der Waals surface area contributed by atoms with Crippen LogP contribution in [0, 0.1) is 0 Å². The van der Waals surface area contributed by atoms with Crippen molar-refractivity contribution >= 4 is 60.9 Å². The molecule has 0 fully saturated rings. The van der Waals surface area contributed by atoms with Gasteiger partial charge in [-0.15, -0.1) is 0 Å². The summed E-state index contributed by atoms with van der Waals surface area (Å²) in [6.07, 6.45) is 0. The lowest BCUT2D eigenvalue weighted by Gasteiger charge is -2.36. The molecule has 0 aliphatic heterocycles. The SMILES string of the molecule is CC1(C)c2ccccc2-c2ccc(N(c3ccc4c(c3)-c3ccccc3-c3ccccc3C43c4ccccc4-c4c3ccc3oc5ccccc5c43)c3cccc4c3oc3ccccc34)cc21. The van der Waals surface area contributed by atoms with Crippen LogP contribution in [-0.4, -0.2) is 0 Å². The Hall–Kier alpha value is -8.40. The average molecular weight is 856 g/mol. The van der Waals surface area contributed by atoms with Gasteiger partial charge in [0.2, 0.25) is 0 Å². The fourth-order valence-electron chi connectivity index (χ4n) is 12.7. The van der Waals surface area contributed by atoms with Gasteiger partial charge in [0.15, 0.2) is 5.58 Å². The lowest BCUT2D eigenvalue weighted by molar-refractivity contribution is 0.660. The molecule has 67 heavy (non-hydrogen) atoms. The predicted molar refractivity (Wildman–Crippen MR) is 275 cm³/mol. The van der Waals surface area contributed by atoms with Gasteiger partial charge >= 0.3 is 0 Å². The molecule has 1 unspecified atom stereocenters. The topological polar surface area (TPSA) is 29.5 Å². The number of hydrogen-bond donors (Lipinski definition) is 0. The summed E-state index contributed by atoms with van der Waals surface area (Å²) in [6.45, 7) is 4.72. The third-order valence-electron chi connectivity index (χ3n) is 15.5. The molecule has 0 bridgehead atoms. The second-order valence-corrected chi connectivity index (χ2v) is 19.1. The Labute approximate surface area is 387 Å². The highest BCUT2D eigenvalue weighted by Crippen LogP contribution is 2.64. The lowest BCUT2D eigenvalue weighted by Crippen LogP contribution is -2.29. The zero-order valence-electron chi connectivity index (χ0n) is 37.0. The molecule has 314 valence electrons. The minimum atomic E-state index is -0.658. The molecule has 0 saturated heterocycles. The van der Waals surface area contributed by atoms with Crippen molar-refractivity contribution in [3.63, 3.8) is 0 Å². The molecule has 3 heteroatoms. The molecule has 15 rings (SSSR count). The molecule has 10 aromatic carbocycles. The van der Waals surface area contributed by atoms with E-state index in [-0.39, 0.29) is 5.41 Å². The number of anilines is 3. The van der Waals surface area contributed by atoms with Crippen LogP contribution in [0.25, 0.3) is 88.4 Å². The third-order valence-corrected chi connectivity index (χ3v) is 15.5. The molecule has 2 heterocycles. The Kier molecular flexibility index (Phi) is 7.22. The van der Waals surface area contributed by atoms with Crippen molar-refractivity contribution in [2.24, 2.45) is 0 Å². The number of rotatable bonds is 3. The summed E-state index contributed by atoms with van der Waals surface area (Å²) >= 11 is 0. The van der Waals surface area contributed by atoms with Crippen LogP contribution in [0.15, 0.2) is 221 Å². The van der Waals surface area contributed by atoms with Crippen LogP contribution in [0.1, 0.15) is 47.2 Å². The first kappa shape index (κ1) is 36.9. The van der Waals surface area contributed by atoms with Crippen molar-refractivity contribution < 1.29 is 8.83 Å². The Morgan fingerprint density at radius 1 is 0.343 bits per heavy atom. The molecule has 12 aromatic rings. The van der Waals surface area contributed by atoms with Crippen LogP contribution < -0.4 is 4.90 Å². The molecule has 0 saturated carbocycles. The van der Waals surface area contributed by atoms with E-state index >= 15 is 0 Å². The van der Waals surface area contributed by atoms with Gasteiger partial charge < -0.3 is 13.7 Å². The highest BCUT2D eigenvalue weighted by molar-refractivity contribution is 6.16. The molecule has 1 atom stereocenters. The van der Waals surface area contributed by atoms with E-state index < -0.39 is 5.41 Å². The predicted octanol–water partition coefficient (Wildman–Crippen LogP) is 17.3. The van der Waals surface area contributed by atoms with Crippen molar-refractivity contribution in [1.29, 1.82) is 0 Å². The van der Waals surface area contributed by atoms with Crippen LogP contribution in [0.2, 0.25) is 0 Å². The molecular formula is C64H41NO2. The highest BCUT2D eigenvalue weighted by atomic mass is 16.3. The molecule has 0 amide bonds. The van der Waals surface area contributed by atoms with Crippen LogP contribution in [0.4, 0.5) is 17.1 Å². The van der Waals surface area contributed by atoms with E-state index in [1.54, 1.807) is 0 Å². The van der Waals surface area contributed by atoms with E-state index in [1.165, 1.54) is 83.3 Å². The number of fused-ring (bicyclic) bond motifs is 22. The number of para-hydroxylation sites is 3. The fraction of sp³-hybridized carbons (Fsp3) is 0.0625. The molecule has 1 spiro atoms. The Balaban J connectivity index is 1.05. The maximum absolute atomic E-state index is 6.89. The quantitative estimate of drug-likeness (QED) is 0.177. The monoisotopic (exact) mass is 855 g/mol. The third kappa shape index (κ3) is 4.70. The highest BCUT2D eigenvalue weighted by Gasteiger charge is 2.50. The van der Waals surface area contributed by atoms with Gasteiger partial charge in [0.25, 0.3) is 0 Å². The van der Waals surface area contributed by atoms with E-state index in [0.717, 1.165) is 55.6 Å². The van der Waals surface area contributed by atoms with E-state index in [1.807, 2.05) is 0 Å². The molecule has 0 radical (unpaired) electrons. The van der Waals surface area contributed by atoms with Crippen LogP contribution in [0.3, 0.4) is 0 Å². The van der Waals surface area contributed by atoms with E-state index in [9.17, 15) is 0 Å². The van der Waals surface area contributed by atoms with Gasteiger partial charge in [-0.05, 0) is 126 Å². The smallest absolute Gasteiger partial charge is 0.159 e. The van der Waals surface area contributed by atoms with Gasteiger partial charge in [-0.1, -0.05) is 178 Å². The standard InChI is InChI=1S/C64H41NO2/c1-63(2)50-24-10-5-19-43(50)44-32-30-39(37-55(44)63)65(56-27-15-23-46-45-20-8-13-28-57(45)67-62(46)56)38-31-33-53-49(36-38)41-17-4-3-16-40(41)42-18-6-11-25-51(42)64(53)52-26-12-7-21-47(52)60-54(64)34-35-59-61(60)48-22-9-14-29-58(48)66-59/h3-37H,1-2H3. The Morgan fingerprint density at radius 2 is 0.881 bits per heavy atom. The van der Waals surface area contributed by atoms with Gasteiger partial charge in [0, 0.05) is 38.3 Å². The van der Waals surface area contributed by atoms with Crippen LogP contribution >= 0.6 is 0 Å². The second-order valence-electron chi connectivity index (χ2n) is 19.1. The number of furan rings is 2. The van der Waals surface area contributed by atoms with Gasteiger partial charge in [-0.2, -0.15) is 0 Å². The maximum atomic E-state index is 6.89. The molecule has 2 aromatic heterocycles. The van der Waals surface area contributed by atoms with E-state index in [4.69, 9.17) is 8.83 Å². The van der Waals surface area contributed by atoms with Crippen molar-refractivity contribution in [3.8, 4) is 44.5 Å². The van der Waals surface area contributed by atoms with Crippen molar-refractivity contribution in [2.75, 3.05) is 4.90 Å². The first-order valence-corrected chi connectivity index (χ1v) is 23.3. The summed E-state index contributed by atoms with van der Waals surface area (Å²) in [5.74, 6) is 0. The summed E-state index contributed by atoms with van der Waals surface area (Å²) in [5.41, 5.74) is 23.5. The molecule has 0 N–H and O–H groups in total. The van der Waals surface area contributed by atoms with E-state index in [0.29, 0.717) is 0 Å². The van der Waals surface area contributed by atoms with Crippen LogP contribution in [-0.2, 0) is 10.8 Å². The Morgan fingerprint density at radius 3 is 1.67 bits per heavy atom. The van der Waals surface area contributed by atoms with Gasteiger partial charge in [-0.25, -0.2) is 0 Å². The zero-order valence-corrected chi connectivity index (χ0v) is 37.0. The lowest BCUT2D eigenvalue weighted by atomic mass is 9.66.